The molecule has 2 atom stereocenters. The molecule has 4 nitrogen and oxygen atoms in total. The SMILES string of the molecule is CCC(CC(=O)N1CCCCC1CCC(=O)O)C(C)C. The zero-order valence-corrected chi connectivity index (χ0v) is 13.1. The molecular formula is C16H29NO3. The Kier molecular flexibility index (Phi) is 7.03. The monoisotopic (exact) mass is 283 g/mol. The molecule has 1 N–H and O–H groups in total. The Morgan fingerprint density at radius 2 is 2.00 bits per heavy atom. The molecule has 1 saturated heterocycles. The number of piperidine rings is 1. The third kappa shape index (κ3) is 5.14. The second-order valence-corrected chi connectivity index (χ2v) is 6.29. The van der Waals surface area contributed by atoms with E-state index in [1.807, 2.05) is 4.90 Å². The summed E-state index contributed by atoms with van der Waals surface area (Å²) in [6.45, 7) is 7.27. The third-order valence-electron chi connectivity index (χ3n) is 4.54. The lowest BCUT2D eigenvalue weighted by atomic mass is 9.88. The van der Waals surface area contributed by atoms with Crippen LogP contribution in [0.2, 0.25) is 0 Å². The molecule has 0 saturated carbocycles. The summed E-state index contributed by atoms with van der Waals surface area (Å²) in [6.07, 6.45) is 5.50. The maximum Gasteiger partial charge on any atom is 0.303 e. The van der Waals surface area contributed by atoms with Crippen LogP contribution in [0.1, 0.15) is 65.7 Å². The highest BCUT2D eigenvalue weighted by Crippen LogP contribution is 2.25. The van der Waals surface area contributed by atoms with Crippen molar-refractivity contribution in [3.63, 3.8) is 0 Å². The molecule has 116 valence electrons. The van der Waals surface area contributed by atoms with Crippen molar-refractivity contribution in [1.29, 1.82) is 0 Å². The van der Waals surface area contributed by atoms with Crippen LogP contribution in [-0.2, 0) is 9.59 Å². The quantitative estimate of drug-likeness (QED) is 0.780. The number of likely N-dealkylation sites (tertiary alicyclic amines) is 1. The van der Waals surface area contributed by atoms with Crippen molar-refractivity contribution in [3.8, 4) is 0 Å². The largest absolute Gasteiger partial charge is 0.481 e. The summed E-state index contributed by atoms with van der Waals surface area (Å²) in [6, 6.07) is 0.136. The first-order valence-corrected chi connectivity index (χ1v) is 7.97. The summed E-state index contributed by atoms with van der Waals surface area (Å²) in [5.41, 5.74) is 0. The lowest BCUT2D eigenvalue weighted by Gasteiger charge is -2.37. The second-order valence-electron chi connectivity index (χ2n) is 6.29. The van der Waals surface area contributed by atoms with Crippen LogP contribution in [0.25, 0.3) is 0 Å². The topological polar surface area (TPSA) is 57.6 Å². The molecule has 0 bridgehead atoms. The van der Waals surface area contributed by atoms with Gasteiger partial charge >= 0.3 is 5.97 Å². The molecular weight excluding hydrogens is 254 g/mol. The van der Waals surface area contributed by atoms with E-state index in [1.54, 1.807) is 0 Å². The predicted octanol–water partition coefficient (Wildman–Crippen LogP) is 3.30. The van der Waals surface area contributed by atoms with Gasteiger partial charge in [-0.1, -0.05) is 27.2 Å². The van der Waals surface area contributed by atoms with Crippen LogP contribution in [0.4, 0.5) is 0 Å². The van der Waals surface area contributed by atoms with Crippen LogP contribution in [-0.4, -0.2) is 34.5 Å². The van der Waals surface area contributed by atoms with Gasteiger partial charge in [-0.3, -0.25) is 9.59 Å². The van der Waals surface area contributed by atoms with Gasteiger partial charge < -0.3 is 10.0 Å². The second kappa shape index (κ2) is 8.28. The molecule has 1 rings (SSSR count). The molecule has 0 aromatic heterocycles. The van der Waals surface area contributed by atoms with Crippen molar-refractivity contribution in [3.05, 3.63) is 0 Å². The van der Waals surface area contributed by atoms with Crippen molar-refractivity contribution in [2.75, 3.05) is 6.54 Å². The minimum absolute atomic E-state index is 0.136. The molecule has 1 amide bonds. The molecule has 1 aliphatic rings. The number of hydrogen-bond donors (Lipinski definition) is 1. The number of carboxylic acids is 1. The van der Waals surface area contributed by atoms with Gasteiger partial charge in [0, 0.05) is 25.4 Å². The molecule has 0 aromatic carbocycles. The minimum atomic E-state index is -0.767. The number of carbonyl (C=O) groups is 2. The summed E-state index contributed by atoms with van der Waals surface area (Å²) < 4.78 is 0. The summed E-state index contributed by atoms with van der Waals surface area (Å²) >= 11 is 0. The Hall–Kier alpha value is -1.06. The van der Waals surface area contributed by atoms with Crippen LogP contribution in [0.5, 0.6) is 0 Å². The van der Waals surface area contributed by atoms with Gasteiger partial charge in [-0.15, -0.1) is 0 Å². The van der Waals surface area contributed by atoms with Crippen molar-refractivity contribution in [2.24, 2.45) is 11.8 Å². The summed E-state index contributed by atoms with van der Waals surface area (Å²) in [5.74, 6) is 0.410. The van der Waals surface area contributed by atoms with E-state index in [0.717, 1.165) is 32.2 Å². The van der Waals surface area contributed by atoms with Gasteiger partial charge in [0.2, 0.25) is 5.91 Å². The zero-order chi connectivity index (χ0) is 15.1. The Morgan fingerprint density at radius 1 is 1.30 bits per heavy atom. The standard InChI is InChI=1S/C16H29NO3/c1-4-13(12(2)3)11-15(18)17-10-6-5-7-14(17)8-9-16(19)20/h12-14H,4-11H2,1-3H3,(H,19,20). The van der Waals surface area contributed by atoms with Gasteiger partial charge in [-0.2, -0.15) is 0 Å². The number of amides is 1. The first kappa shape index (κ1) is 17.0. The fraction of sp³-hybridized carbons (Fsp3) is 0.875. The highest BCUT2D eigenvalue weighted by Gasteiger charge is 2.28. The molecule has 1 fully saturated rings. The van der Waals surface area contributed by atoms with Crippen molar-refractivity contribution in [1.82, 2.24) is 4.90 Å². The average Bonchev–Trinajstić information content (AvgIpc) is 2.42. The number of carbonyl (C=O) groups excluding carboxylic acids is 1. The Labute approximate surface area is 122 Å². The lowest BCUT2D eigenvalue weighted by molar-refractivity contribution is -0.140. The van der Waals surface area contributed by atoms with Crippen molar-refractivity contribution >= 4 is 11.9 Å². The number of aliphatic carboxylic acids is 1. The molecule has 0 aromatic rings. The van der Waals surface area contributed by atoms with Gasteiger partial charge in [-0.05, 0) is 37.5 Å². The predicted molar refractivity (Wildman–Crippen MR) is 79.5 cm³/mol. The molecule has 1 aliphatic heterocycles. The zero-order valence-electron chi connectivity index (χ0n) is 13.1. The van der Waals surface area contributed by atoms with E-state index >= 15 is 0 Å². The van der Waals surface area contributed by atoms with E-state index in [0.29, 0.717) is 24.7 Å². The van der Waals surface area contributed by atoms with E-state index in [9.17, 15) is 9.59 Å². The molecule has 2 unspecified atom stereocenters. The smallest absolute Gasteiger partial charge is 0.303 e. The van der Waals surface area contributed by atoms with E-state index in [4.69, 9.17) is 5.11 Å². The number of carboxylic acid groups (broad SMARTS) is 1. The Balaban J connectivity index is 2.59. The fourth-order valence-corrected chi connectivity index (χ4v) is 3.11. The molecule has 1 heterocycles. The normalized spacial score (nSPS) is 21.0. The molecule has 0 radical (unpaired) electrons. The molecule has 0 spiro atoms. The van der Waals surface area contributed by atoms with Crippen LogP contribution in [0.15, 0.2) is 0 Å². The highest BCUT2D eigenvalue weighted by atomic mass is 16.4. The molecule has 4 heteroatoms. The first-order chi connectivity index (χ1) is 9.45. The van der Waals surface area contributed by atoms with Gasteiger partial charge in [0.1, 0.15) is 0 Å². The van der Waals surface area contributed by atoms with E-state index in [-0.39, 0.29) is 18.4 Å². The van der Waals surface area contributed by atoms with Gasteiger partial charge in [-0.25, -0.2) is 0 Å². The van der Waals surface area contributed by atoms with E-state index in [1.165, 1.54) is 0 Å². The van der Waals surface area contributed by atoms with Crippen LogP contribution < -0.4 is 0 Å². The highest BCUT2D eigenvalue weighted by molar-refractivity contribution is 5.77. The third-order valence-corrected chi connectivity index (χ3v) is 4.54. The van der Waals surface area contributed by atoms with E-state index < -0.39 is 5.97 Å². The summed E-state index contributed by atoms with van der Waals surface area (Å²) in [4.78, 5) is 25.2. The first-order valence-electron chi connectivity index (χ1n) is 7.97. The van der Waals surface area contributed by atoms with Gasteiger partial charge in [0.25, 0.3) is 0 Å². The van der Waals surface area contributed by atoms with Crippen LogP contribution in [0.3, 0.4) is 0 Å². The van der Waals surface area contributed by atoms with Crippen molar-refractivity contribution in [2.45, 2.75) is 71.8 Å². The van der Waals surface area contributed by atoms with Gasteiger partial charge in [0.05, 0.1) is 0 Å². The van der Waals surface area contributed by atoms with E-state index in [2.05, 4.69) is 20.8 Å². The fourth-order valence-electron chi connectivity index (χ4n) is 3.11. The number of hydrogen-bond acceptors (Lipinski definition) is 2. The van der Waals surface area contributed by atoms with Crippen LogP contribution in [0, 0.1) is 11.8 Å². The summed E-state index contributed by atoms with van der Waals surface area (Å²) in [5, 5.41) is 8.82. The number of rotatable bonds is 7. The minimum Gasteiger partial charge on any atom is -0.481 e. The number of nitrogens with zero attached hydrogens (tertiary/aromatic N) is 1. The maximum atomic E-state index is 12.5. The van der Waals surface area contributed by atoms with Crippen LogP contribution >= 0.6 is 0 Å². The average molecular weight is 283 g/mol. The van der Waals surface area contributed by atoms with Gasteiger partial charge in [0.15, 0.2) is 0 Å². The maximum absolute atomic E-state index is 12.5. The lowest BCUT2D eigenvalue weighted by Crippen LogP contribution is -2.44. The Bertz CT molecular complexity index is 328. The Morgan fingerprint density at radius 3 is 2.55 bits per heavy atom. The molecule has 0 aliphatic carbocycles. The summed E-state index contributed by atoms with van der Waals surface area (Å²) in [7, 11) is 0. The molecule has 20 heavy (non-hydrogen) atoms. The van der Waals surface area contributed by atoms with Crippen molar-refractivity contribution < 1.29 is 14.7 Å².